The van der Waals surface area contributed by atoms with Crippen LogP contribution in [0.2, 0.25) is 0 Å². The van der Waals surface area contributed by atoms with Gasteiger partial charge in [-0.2, -0.15) is 0 Å². The predicted molar refractivity (Wildman–Crippen MR) is 328 cm³/mol. The first-order chi connectivity index (χ1) is 39.0. The van der Waals surface area contributed by atoms with Crippen LogP contribution in [0, 0.1) is 0 Å². The Morgan fingerprint density at radius 3 is 1.15 bits per heavy atom. The highest BCUT2D eigenvalue weighted by Gasteiger charge is 2.48. The van der Waals surface area contributed by atoms with Gasteiger partial charge in [0.1, 0.15) is 0 Å². The van der Waals surface area contributed by atoms with Gasteiger partial charge in [0.15, 0.2) is 0 Å². The molecule has 0 saturated carbocycles. The minimum Gasteiger partial charge on any atom is -0.310 e. The highest BCUT2D eigenvalue weighted by molar-refractivity contribution is 6.11. The lowest BCUT2D eigenvalue weighted by molar-refractivity contribution is 0.660. The van der Waals surface area contributed by atoms with E-state index in [-0.39, 0.29) is 5.41 Å². The molecule has 1 aromatic heterocycles. The van der Waals surface area contributed by atoms with E-state index >= 15 is 0 Å². The van der Waals surface area contributed by atoms with Crippen molar-refractivity contribution in [2.45, 2.75) is 30.1 Å². The quantitative estimate of drug-likeness (QED) is 0.147. The van der Waals surface area contributed by atoms with Gasteiger partial charge in [-0.05, 0) is 156 Å². The molecule has 0 N–H and O–H groups in total. The second-order valence-corrected chi connectivity index (χ2v) is 22.3. The van der Waals surface area contributed by atoms with E-state index in [2.05, 4.69) is 315 Å². The van der Waals surface area contributed by atoms with E-state index in [9.17, 15) is 0 Å². The van der Waals surface area contributed by atoms with Gasteiger partial charge in [-0.3, -0.25) is 0 Å². The predicted octanol–water partition coefficient (Wildman–Crippen LogP) is 19.3. The van der Waals surface area contributed by atoms with Gasteiger partial charge >= 0.3 is 0 Å². The van der Waals surface area contributed by atoms with Crippen molar-refractivity contribution in [2.75, 3.05) is 4.90 Å². The largest absolute Gasteiger partial charge is 0.310 e. The van der Waals surface area contributed by atoms with E-state index in [0.717, 1.165) is 28.3 Å². The lowest BCUT2D eigenvalue weighted by Crippen LogP contribution is -2.28. The van der Waals surface area contributed by atoms with Crippen LogP contribution < -0.4 is 4.90 Å². The van der Waals surface area contributed by atoms with Gasteiger partial charge in [0.05, 0.1) is 21.9 Å². The number of rotatable bonds is 8. The van der Waals surface area contributed by atoms with Gasteiger partial charge in [-0.25, -0.2) is 0 Å². The molecule has 0 aliphatic heterocycles. The smallest absolute Gasteiger partial charge is 0.0713 e. The summed E-state index contributed by atoms with van der Waals surface area (Å²) in [4.78, 5) is 2.50. The van der Waals surface area contributed by atoms with Crippen LogP contribution in [0.1, 0.15) is 69.5 Å². The normalized spacial score (nSPS) is 14.5. The zero-order valence-corrected chi connectivity index (χ0v) is 44.1. The molecule has 2 nitrogen and oxygen atoms in total. The van der Waals surface area contributed by atoms with Crippen LogP contribution in [-0.4, -0.2) is 4.57 Å². The van der Waals surface area contributed by atoms with E-state index in [4.69, 9.17) is 0 Å². The number of aromatic nitrogens is 1. The van der Waals surface area contributed by atoms with E-state index in [1.54, 1.807) is 0 Å². The molecule has 0 spiro atoms. The Balaban J connectivity index is 0.942. The third-order valence-corrected chi connectivity index (χ3v) is 18.2. The van der Waals surface area contributed by atoms with Crippen molar-refractivity contribution in [2.24, 2.45) is 0 Å². The molecule has 13 aromatic rings. The summed E-state index contributed by atoms with van der Waals surface area (Å²) in [6.07, 6.45) is 0. The molecule has 0 unspecified atom stereocenters. The molecule has 3 aliphatic carbocycles. The number of anilines is 3. The fourth-order valence-corrected chi connectivity index (χ4v) is 14.8. The zero-order valence-electron chi connectivity index (χ0n) is 44.1. The first-order valence-electron chi connectivity index (χ1n) is 27.7. The summed E-state index contributed by atoms with van der Waals surface area (Å²) in [6.45, 7) is 4.76. The van der Waals surface area contributed by atoms with Crippen LogP contribution in [-0.2, 0) is 16.2 Å². The van der Waals surface area contributed by atoms with Crippen LogP contribution in [0.4, 0.5) is 17.1 Å². The molecule has 0 atom stereocenters. The summed E-state index contributed by atoms with van der Waals surface area (Å²) in [5.41, 5.74) is 26.3. The van der Waals surface area contributed by atoms with Crippen molar-refractivity contribution in [3.8, 4) is 39.1 Å². The molecule has 3 aliphatic rings. The first-order valence-corrected chi connectivity index (χ1v) is 27.7. The topological polar surface area (TPSA) is 8.17 Å². The molecule has 0 bridgehead atoms. The number of hydrogen-bond donors (Lipinski definition) is 0. The Morgan fingerprint density at radius 1 is 0.266 bits per heavy atom. The van der Waals surface area contributed by atoms with Crippen molar-refractivity contribution in [3.05, 3.63) is 347 Å². The SMILES string of the molecule is CC1(C)c2ccccc2-c2ccc(N(c3ccc(C4(c5ccccc5)c5ccccc5-c5ccccc54)cc3)c3ccc4c(c3)c3cc(C5(c6ccccc6)c6ccccc6-c6ccccc65)ccc3n4-c3ccccc3)cc21. The molecule has 79 heavy (non-hydrogen) atoms. The van der Waals surface area contributed by atoms with Gasteiger partial charge in [-0.15, -0.1) is 0 Å². The lowest BCUT2D eigenvalue weighted by atomic mass is 9.67. The van der Waals surface area contributed by atoms with Crippen LogP contribution in [0.15, 0.2) is 291 Å². The number of nitrogens with zero attached hydrogens (tertiary/aromatic N) is 2. The second-order valence-electron chi connectivity index (χ2n) is 22.3. The fraction of sp³-hybridized carbons (Fsp3) is 0.0649. The molecule has 0 fully saturated rings. The van der Waals surface area contributed by atoms with Gasteiger partial charge in [0, 0.05) is 38.9 Å². The van der Waals surface area contributed by atoms with Crippen LogP contribution in [0.5, 0.6) is 0 Å². The van der Waals surface area contributed by atoms with Crippen molar-refractivity contribution >= 4 is 38.9 Å². The molecule has 1 heterocycles. The number of para-hydroxylation sites is 1. The summed E-state index contributed by atoms with van der Waals surface area (Å²) >= 11 is 0. The van der Waals surface area contributed by atoms with Gasteiger partial charge in [0.25, 0.3) is 0 Å². The van der Waals surface area contributed by atoms with Gasteiger partial charge < -0.3 is 9.47 Å². The number of hydrogen-bond acceptors (Lipinski definition) is 1. The molecule has 0 saturated heterocycles. The van der Waals surface area contributed by atoms with Crippen LogP contribution in [0.25, 0.3) is 60.9 Å². The maximum Gasteiger partial charge on any atom is 0.0713 e. The molecule has 0 radical (unpaired) electrons. The second kappa shape index (κ2) is 17.1. The van der Waals surface area contributed by atoms with Crippen molar-refractivity contribution in [1.29, 1.82) is 0 Å². The van der Waals surface area contributed by atoms with Crippen molar-refractivity contribution in [3.63, 3.8) is 0 Å². The summed E-state index contributed by atoms with van der Waals surface area (Å²) in [6, 6.07) is 109. The molecule has 372 valence electrons. The average Bonchev–Trinajstić information content (AvgIpc) is 4.40. The minimum atomic E-state index is -0.540. The summed E-state index contributed by atoms with van der Waals surface area (Å²) in [5.74, 6) is 0. The third kappa shape index (κ3) is 6.29. The van der Waals surface area contributed by atoms with E-state index in [1.807, 2.05) is 0 Å². The van der Waals surface area contributed by atoms with Gasteiger partial charge in [0.2, 0.25) is 0 Å². The molecule has 2 heteroatoms. The fourth-order valence-electron chi connectivity index (χ4n) is 14.8. The summed E-state index contributed by atoms with van der Waals surface area (Å²) in [5, 5.41) is 2.40. The van der Waals surface area contributed by atoms with Crippen LogP contribution >= 0.6 is 0 Å². The molecule has 12 aromatic carbocycles. The van der Waals surface area contributed by atoms with Crippen molar-refractivity contribution < 1.29 is 0 Å². The van der Waals surface area contributed by atoms with E-state index < -0.39 is 10.8 Å². The summed E-state index contributed by atoms with van der Waals surface area (Å²) < 4.78 is 2.46. The number of benzene rings is 12. The summed E-state index contributed by atoms with van der Waals surface area (Å²) in [7, 11) is 0. The minimum absolute atomic E-state index is 0.182. The first kappa shape index (κ1) is 45.4. The Labute approximate surface area is 461 Å². The molecular formula is C77H54N2. The van der Waals surface area contributed by atoms with E-state index in [0.29, 0.717) is 0 Å². The van der Waals surface area contributed by atoms with E-state index in [1.165, 1.54) is 105 Å². The lowest BCUT2D eigenvalue weighted by Gasteiger charge is -2.34. The molecule has 0 amide bonds. The Bertz CT molecular complexity index is 4470. The van der Waals surface area contributed by atoms with Crippen molar-refractivity contribution in [1.82, 2.24) is 4.57 Å². The van der Waals surface area contributed by atoms with Gasteiger partial charge in [-0.1, -0.05) is 238 Å². The molecule has 16 rings (SSSR count). The zero-order chi connectivity index (χ0) is 52.5. The Hall–Kier alpha value is -9.76. The third-order valence-electron chi connectivity index (χ3n) is 18.2. The number of fused-ring (bicyclic) bond motifs is 12. The van der Waals surface area contributed by atoms with Crippen LogP contribution in [0.3, 0.4) is 0 Å². The maximum absolute atomic E-state index is 2.52. The maximum atomic E-state index is 2.52. The highest BCUT2D eigenvalue weighted by Crippen LogP contribution is 2.59. The Kier molecular flexibility index (Phi) is 9.85. The highest BCUT2D eigenvalue weighted by atomic mass is 15.1. The monoisotopic (exact) mass is 1010 g/mol. The Morgan fingerprint density at radius 2 is 0.620 bits per heavy atom. The average molecular weight is 1010 g/mol. The molecular weight excluding hydrogens is 953 g/mol. The standard InChI is InChI=1S/C77H54N2/c1-75(2)67-33-17-12-28-59(67)64-45-43-58(50-72(64)75)78(56-41-38-53(39-42-56)76(51-22-6-3-7-23-51)68-34-18-13-29-60(68)61-30-14-19-35-69(61)76)57-44-47-74-66(49-57)65-48-54(40-46-73(65)79(74)55-26-10-5-11-27-55)77(52-24-8-4-9-25-52)70-36-20-15-31-62(70)63-32-16-21-37-71(63)77/h3-50H,1-2H3.